The number of nitrogens with one attached hydrogen (secondary N) is 1. The lowest BCUT2D eigenvalue weighted by molar-refractivity contribution is 0.619. The fraction of sp³-hybridized carbons (Fsp3) is 0.429. The summed E-state index contributed by atoms with van der Waals surface area (Å²) in [6.07, 6.45) is 2.43. The van der Waals surface area contributed by atoms with Gasteiger partial charge < -0.3 is 9.88 Å². The van der Waals surface area contributed by atoms with E-state index in [1.54, 1.807) is 7.05 Å². The molecule has 0 saturated carbocycles. The molecular weight excluding hydrogens is 270 g/mol. The Bertz CT molecular complexity index is 748. The van der Waals surface area contributed by atoms with Crippen LogP contribution in [0.15, 0.2) is 27.9 Å². The summed E-state index contributed by atoms with van der Waals surface area (Å²) in [4.78, 5) is 32.4. The summed E-state index contributed by atoms with van der Waals surface area (Å²) in [6.45, 7) is 4.79. The number of aromatic nitrogens is 4. The van der Waals surface area contributed by atoms with Crippen LogP contribution in [0, 0.1) is 6.92 Å². The van der Waals surface area contributed by atoms with E-state index in [0.717, 1.165) is 23.2 Å². The Kier molecular flexibility index (Phi) is 4.52. The Morgan fingerprint density at radius 3 is 2.76 bits per heavy atom. The molecule has 0 amide bonds. The minimum atomic E-state index is -0.379. The molecule has 2 heterocycles. The van der Waals surface area contributed by atoms with Gasteiger partial charge in [0.2, 0.25) is 0 Å². The van der Waals surface area contributed by atoms with Crippen LogP contribution in [-0.4, -0.2) is 25.6 Å². The van der Waals surface area contributed by atoms with Gasteiger partial charge in [0.1, 0.15) is 5.82 Å². The summed E-state index contributed by atoms with van der Waals surface area (Å²) in [5.41, 5.74) is 0.0568. The van der Waals surface area contributed by atoms with Crippen LogP contribution in [0.1, 0.15) is 24.9 Å². The Morgan fingerprint density at radius 1 is 1.29 bits per heavy atom. The third-order valence-electron chi connectivity index (χ3n) is 3.00. The molecule has 0 aliphatic heterocycles. The first-order valence-electron chi connectivity index (χ1n) is 6.86. The summed E-state index contributed by atoms with van der Waals surface area (Å²) in [5, 5.41) is 3.18. The average molecular weight is 289 g/mol. The van der Waals surface area contributed by atoms with E-state index in [0.29, 0.717) is 11.6 Å². The lowest BCUT2D eigenvalue weighted by Crippen LogP contribution is -2.38. The summed E-state index contributed by atoms with van der Waals surface area (Å²) < 4.78 is 2.48. The minimum Gasteiger partial charge on any atom is -0.370 e. The van der Waals surface area contributed by atoms with Gasteiger partial charge in [-0.15, -0.1) is 0 Å². The van der Waals surface area contributed by atoms with E-state index >= 15 is 0 Å². The first-order valence-corrected chi connectivity index (χ1v) is 6.86. The molecule has 1 N–H and O–H groups in total. The molecule has 0 aromatic carbocycles. The van der Waals surface area contributed by atoms with Gasteiger partial charge >= 0.3 is 5.69 Å². The van der Waals surface area contributed by atoms with Crippen LogP contribution in [-0.2, 0) is 13.6 Å². The second-order valence-electron chi connectivity index (χ2n) is 4.87. The van der Waals surface area contributed by atoms with Crippen molar-refractivity contribution in [3.63, 3.8) is 0 Å². The Morgan fingerprint density at radius 2 is 2.05 bits per heavy atom. The van der Waals surface area contributed by atoms with Crippen molar-refractivity contribution in [3.8, 4) is 0 Å². The minimum absolute atomic E-state index is 0.0643. The quantitative estimate of drug-likeness (QED) is 0.867. The van der Waals surface area contributed by atoms with Gasteiger partial charge in [0.25, 0.3) is 5.56 Å². The predicted octanol–water partition coefficient (Wildman–Crippen LogP) is 0.516. The van der Waals surface area contributed by atoms with Crippen LogP contribution in [0.25, 0.3) is 0 Å². The van der Waals surface area contributed by atoms with Gasteiger partial charge in [-0.1, -0.05) is 6.92 Å². The SMILES string of the molecule is CCCNc1cc(C)nc(Cn2c(=O)ccn(C)c2=O)n1. The Hall–Kier alpha value is -2.44. The van der Waals surface area contributed by atoms with Gasteiger partial charge in [-0.2, -0.15) is 0 Å². The molecular formula is C14H19N5O2. The smallest absolute Gasteiger partial charge is 0.331 e. The second-order valence-corrected chi connectivity index (χ2v) is 4.87. The molecule has 0 saturated heterocycles. The van der Waals surface area contributed by atoms with Crippen LogP contribution in [0.4, 0.5) is 5.82 Å². The molecule has 0 fully saturated rings. The summed E-state index contributed by atoms with van der Waals surface area (Å²) in [5.74, 6) is 1.15. The second kappa shape index (κ2) is 6.34. The molecule has 2 aromatic rings. The Labute approximate surface area is 122 Å². The topological polar surface area (TPSA) is 81.8 Å². The maximum atomic E-state index is 12.0. The summed E-state index contributed by atoms with van der Waals surface area (Å²) in [7, 11) is 1.60. The Balaban J connectivity index is 2.36. The zero-order chi connectivity index (χ0) is 15.4. The van der Waals surface area contributed by atoms with E-state index in [1.807, 2.05) is 13.0 Å². The molecule has 7 heteroatoms. The fourth-order valence-corrected chi connectivity index (χ4v) is 1.95. The third-order valence-corrected chi connectivity index (χ3v) is 3.00. The molecule has 0 aliphatic carbocycles. The number of nitrogens with zero attached hydrogens (tertiary/aromatic N) is 4. The van der Waals surface area contributed by atoms with E-state index in [1.165, 1.54) is 16.8 Å². The lowest BCUT2D eigenvalue weighted by Gasteiger charge is -2.09. The number of hydrogen-bond acceptors (Lipinski definition) is 5. The van der Waals surface area contributed by atoms with Crippen molar-refractivity contribution in [1.82, 2.24) is 19.1 Å². The maximum absolute atomic E-state index is 12.0. The zero-order valence-electron chi connectivity index (χ0n) is 12.5. The lowest BCUT2D eigenvalue weighted by atomic mass is 10.4. The first kappa shape index (κ1) is 15.0. The maximum Gasteiger partial charge on any atom is 0.331 e. The monoisotopic (exact) mass is 289 g/mol. The molecule has 0 bridgehead atoms. The van der Waals surface area contributed by atoms with E-state index in [-0.39, 0.29) is 17.8 Å². The van der Waals surface area contributed by atoms with Crippen molar-refractivity contribution in [2.24, 2.45) is 7.05 Å². The molecule has 2 rings (SSSR count). The van der Waals surface area contributed by atoms with Crippen molar-refractivity contribution in [2.75, 3.05) is 11.9 Å². The van der Waals surface area contributed by atoms with Crippen LogP contribution in [0.3, 0.4) is 0 Å². The largest absolute Gasteiger partial charge is 0.370 e. The molecule has 21 heavy (non-hydrogen) atoms. The molecule has 7 nitrogen and oxygen atoms in total. The highest BCUT2D eigenvalue weighted by atomic mass is 16.2. The van der Waals surface area contributed by atoms with Gasteiger partial charge in [-0.05, 0) is 13.3 Å². The first-order chi connectivity index (χ1) is 10.0. The van der Waals surface area contributed by atoms with Gasteiger partial charge in [0, 0.05) is 37.6 Å². The van der Waals surface area contributed by atoms with Crippen LogP contribution in [0.5, 0.6) is 0 Å². The van der Waals surface area contributed by atoms with Crippen LogP contribution >= 0.6 is 0 Å². The third kappa shape index (κ3) is 3.56. The predicted molar refractivity (Wildman–Crippen MR) is 80.6 cm³/mol. The molecule has 0 radical (unpaired) electrons. The van der Waals surface area contributed by atoms with Crippen LogP contribution in [0.2, 0.25) is 0 Å². The molecule has 0 unspecified atom stereocenters. The number of hydrogen-bond donors (Lipinski definition) is 1. The molecule has 0 spiro atoms. The van der Waals surface area contributed by atoms with Gasteiger partial charge in [-0.25, -0.2) is 14.8 Å². The van der Waals surface area contributed by atoms with Crippen molar-refractivity contribution in [1.29, 1.82) is 0 Å². The number of rotatable bonds is 5. The molecule has 112 valence electrons. The van der Waals surface area contributed by atoms with Gasteiger partial charge in [-0.3, -0.25) is 9.36 Å². The molecule has 0 atom stereocenters. The summed E-state index contributed by atoms with van der Waals surface area (Å²) in [6, 6.07) is 3.19. The highest BCUT2D eigenvalue weighted by molar-refractivity contribution is 5.35. The standard InChI is InChI=1S/C14H19N5O2/c1-4-6-15-11-8-10(2)16-12(17-11)9-19-13(20)5-7-18(3)14(19)21/h5,7-8H,4,6,9H2,1-3H3,(H,15,16,17). The highest BCUT2D eigenvalue weighted by Gasteiger charge is 2.08. The highest BCUT2D eigenvalue weighted by Crippen LogP contribution is 2.06. The van der Waals surface area contributed by atoms with E-state index in [9.17, 15) is 9.59 Å². The molecule has 2 aromatic heterocycles. The number of aryl methyl sites for hydroxylation is 2. The van der Waals surface area contributed by atoms with Crippen molar-refractivity contribution >= 4 is 5.82 Å². The summed E-state index contributed by atoms with van der Waals surface area (Å²) >= 11 is 0. The normalized spacial score (nSPS) is 10.6. The van der Waals surface area contributed by atoms with Crippen molar-refractivity contribution < 1.29 is 0 Å². The fourth-order valence-electron chi connectivity index (χ4n) is 1.95. The van der Waals surface area contributed by atoms with E-state index in [2.05, 4.69) is 22.2 Å². The van der Waals surface area contributed by atoms with Crippen molar-refractivity contribution in [3.05, 3.63) is 50.7 Å². The van der Waals surface area contributed by atoms with E-state index < -0.39 is 0 Å². The van der Waals surface area contributed by atoms with Gasteiger partial charge in [0.05, 0.1) is 6.54 Å². The number of anilines is 1. The van der Waals surface area contributed by atoms with Crippen LogP contribution < -0.4 is 16.6 Å². The average Bonchev–Trinajstić information content (AvgIpc) is 2.45. The zero-order valence-corrected chi connectivity index (χ0v) is 12.5. The molecule has 0 aliphatic rings. The van der Waals surface area contributed by atoms with E-state index in [4.69, 9.17) is 0 Å². The van der Waals surface area contributed by atoms with Gasteiger partial charge in [0.15, 0.2) is 5.82 Å². The van der Waals surface area contributed by atoms with Crippen molar-refractivity contribution in [2.45, 2.75) is 26.8 Å².